The van der Waals surface area contributed by atoms with E-state index in [0.717, 1.165) is 17.0 Å². The van der Waals surface area contributed by atoms with Crippen molar-refractivity contribution in [3.8, 4) is 5.75 Å². The van der Waals surface area contributed by atoms with Gasteiger partial charge in [-0.1, -0.05) is 29.8 Å². The topological polar surface area (TPSA) is 34.1 Å². The lowest BCUT2D eigenvalue weighted by atomic mass is 10.2. The Morgan fingerprint density at radius 1 is 1.28 bits per heavy atom. The first-order valence-electron chi connectivity index (χ1n) is 5.85. The summed E-state index contributed by atoms with van der Waals surface area (Å²) in [5.41, 5.74) is 2.06. The van der Waals surface area contributed by atoms with Crippen molar-refractivity contribution in [3.63, 3.8) is 0 Å². The van der Waals surface area contributed by atoms with Crippen LogP contribution in [0.4, 0.5) is 5.69 Å². The summed E-state index contributed by atoms with van der Waals surface area (Å²) in [5.74, 6) is 0.910. The highest BCUT2D eigenvalue weighted by Crippen LogP contribution is 2.20. The third-order valence-electron chi connectivity index (χ3n) is 2.48. The Morgan fingerprint density at radius 2 is 2.11 bits per heavy atom. The molecule has 3 nitrogen and oxygen atoms in total. The lowest BCUT2D eigenvalue weighted by Gasteiger charge is -2.11. The molecule has 1 N–H and O–H groups in total. The zero-order valence-corrected chi connectivity index (χ0v) is 10.9. The second kappa shape index (κ2) is 6.26. The Hall–Kier alpha value is -1.74. The van der Waals surface area contributed by atoms with E-state index < -0.39 is 0 Å². The Bertz CT molecular complexity index is 517. The van der Waals surface area contributed by atoms with Crippen molar-refractivity contribution in [1.82, 2.24) is 4.98 Å². The summed E-state index contributed by atoms with van der Waals surface area (Å²) in [7, 11) is 0. The fourth-order valence-electron chi connectivity index (χ4n) is 1.66. The van der Waals surface area contributed by atoms with Gasteiger partial charge >= 0.3 is 0 Å². The Labute approximate surface area is 112 Å². The number of anilines is 1. The minimum atomic E-state index is 0.484. The smallest absolute Gasteiger partial charge is 0.131 e. The Balaban J connectivity index is 2.06. The van der Waals surface area contributed by atoms with Gasteiger partial charge in [0.15, 0.2) is 0 Å². The van der Waals surface area contributed by atoms with Gasteiger partial charge in [0.2, 0.25) is 0 Å². The summed E-state index contributed by atoms with van der Waals surface area (Å²) in [5, 5.41) is 3.78. The number of hydrogen-bond donors (Lipinski definition) is 1. The minimum Gasteiger partial charge on any atom is -0.494 e. The minimum absolute atomic E-state index is 0.484. The molecule has 1 heterocycles. The van der Waals surface area contributed by atoms with E-state index in [9.17, 15) is 0 Å². The van der Waals surface area contributed by atoms with Crippen molar-refractivity contribution < 1.29 is 4.74 Å². The molecule has 0 aliphatic carbocycles. The fraction of sp³-hybridized carbons (Fsp3) is 0.214. The van der Waals surface area contributed by atoms with Gasteiger partial charge in [0.1, 0.15) is 10.9 Å². The summed E-state index contributed by atoms with van der Waals surface area (Å²) >= 11 is 5.83. The number of halogens is 1. The molecule has 1 aromatic carbocycles. The maximum absolute atomic E-state index is 5.83. The van der Waals surface area contributed by atoms with E-state index in [-0.39, 0.29) is 0 Å². The number of nitrogens with one attached hydrogen (secondary N) is 1. The van der Waals surface area contributed by atoms with E-state index in [1.165, 1.54) is 0 Å². The second-order valence-electron chi connectivity index (χ2n) is 3.76. The molecular weight excluding hydrogens is 248 g/mol. The van der Waals surface area contributed by atoms with Crippen molar-refractivity contribution in [2.75, 3.05) is 11.9 Å². The van der Waals surface area contributed by atoms with Gasteiger partial charge in [-0.2, -0.15) is 0 Å². The quantitative estimate of drug-likeness (QED) is 0.834. The molecule has 2 rings (SSSR count). The number of rotatable bonds is 5. The highest BCUT2D eigenvalue weighted by atomic mass is 35.5. The van der Waals surface area contributed by atoms with Crippen molar-refractivity contribution >= 4 is 17.3 Å². The van der Waals surface area contributed by atoms with Gasteiger partial charge in [-0.3, -0.25) is 0 Å². The summed E-state index contributed by atoms with van der Waals surface area (Å²) in [6, 6.07) is 11.7. The predicted molar refractivity (Wildman–Crippen MR) is 74.2 cm³/mol. The standard InChI is InChI=1S/C14H15ClN2O/c1-2-18-13-6-4-3-5-11(13)10-17-12-7-8-16-14(15)9-12/h3-9H,2,10H2,1H3,(H,16,17). The van der Waals surface area contributed by atoms with E-state index >= 15 is 0 Å². The van der Waals surface area contributed by atoms with Crippen LogP contribution in [0.1, 0.15) is 12.5 Å². The molecular formula is C14H15ClN2O. The summed E-state index contributed by atoms with van der Waals surface area (Å²) in [6.45, 7) is 3.33. The van der Waals surface area contributed by atoms with Crippen LogP contribution in [0.3, 0.4) is 0 Å². The molecule has 2 aromatic rings. The number of benzene rings is 1. The van der Waals surface area contributed by atoms with Gasteiger partial charge in [0, 0.05) is 24.0 Å². The number of pyridine rings is 1. The van der Waals surface area contributed by atoms with Gasteiger partial charge in [-0.25, -0.2) is 4.98 Å². The average Bonchev–Trinajstić information content (AvgIpc) is 2.38. The lowest BCUT2D eigenvalue weighted by Crippen LogP contribution is -2.03. The van der Waals surface area contributed by atoms with Gasteiger partial charge in [-0.15, -0.1) is 0 Å². The molecule has 1 aromatic heterocycles. The molecule has 0 aliphatic heterocycles. The highest BCUT2D eigenvalue weighted by molar-refractivity contribution is 6.29. The monoisotopic (exact) mass is 262 g/mol. The van der Waals surface area contributed by atoms with E-state index in [2.05, 4.69) is 10.3 Å². The molecule has 4 heteroatoms. The Kier molecular flexibility index (Phi) is 4.42. The van der Waals surface area contributed by atoms with Crippen LogP contribution in [-0.2, 0) is 6.54 Å². The summed E-state index contributed by atoms with van der Waals surface area (Å²) in [4.78, 5) is 3.94. The van der Waals surface area contributed by atoms with E-state index in [1.54, 1.807) is 12.3 Å². The number of aromatic nitrogens is 1. The molecule has 0 unspecified atom stereocenters. The zero-order chi connectivity index (χ0) is 12.8. The van der Waals surface area contributed by atoms with Crippen molar-refractivity contribution in [3.05, 3.63) is 53.3 Å². The average molecular weight is 263 g/mol. The van der Waals surface area contributed by atoms with Crippen LogP contribution in [0.5, 0.6) is 5.75 Å². The van der Waals surface area contributed by atoms with Crippen LogP contribution in [0.25, 0.3) is 0 Å². The first-order chi connectivity index (χ1) is 8.79. The van der Waals surface area contributed by atoms with Gasteiger partial charge in [0.25, 0.3) is 0 Å². The molecule has 0 fully saturated rings. The first kappa shape index (κ1) is 12.7. The third kappa shape index (κ3) is 3.37. The normalized spacial score (nSPS) is 10.1. The second-order valence-corrected chi connectivity index (χ2v) is 4.15. The van der Waals surface area contributed by atoms with Crippen LogP contribution >= 0.6 is 11.6 Å². The molecule has 0 amide bonds. The van der Waals surface area contributed by atoms with Gasteiger partial charge < -0.3 is 10.1 Å². The molecule has 0 spiro atoms. The number of ether oxygens (including phenoxy) is 1. The van der Waals surface area contributed by atoms with Crippen LogP contribution < -0.4 is 10.1 Å². The highest BCUT2D eigenvalue weighted by Gasteiger charge is 2.02. The molecule has 0 atom stereocenters. The van der Waals surface area contributed by atoms with Crippen molar-refractivity contribution in [1.29, 1.82) is 0 Å². The summed E-state index contributed by atoms with van der Waals surface area (Å²) in [6.07, 6.45) is 1.68. The van der Waals surface area contributed by atoms with Crippen molar-refractivity contribution in [2.24, 2.45) is 0 Å². The fourth-order valence-corrected chi connectivity index (χ4v) is 1.83. The molecule has 94 valence electrons. The number of hydrogen-bond acceptors (Lipinski definition) is 3. The SMILES string of the molecule is CCOc1ccccc1CNc1ccnc(Cl)c1. The largest absolute Gasteiger partial charge is 0.494 e. The molecule has 0 bridgehead atoms. The van der Waals surface area contributed by atoms with Crippen LogP contribution in [0, 0.1) is 0 Å². The van der Waals surface area contributed by atoms with Crippen LogP contribution in [-0.4, -0.2) is 11.6 Å². The van der Waals surface area contributed by atoms with Crippen LogP contribution in [0.15, 0.2) is 42.6 Å². The predicted octanol–water partition coefficient (Wildman–Crippen LogP) is 3.75. The zero-order valence-electron chi connectivity index (χ0n) is 10.2. The number of para-hydroxylation sites is 1. The molecule has 0 saturated heterocycles. The van der Waals surface area contributed by atoms with Gasteiger partial charge in [0.05, 0.1) is 6.61 Å². The lowest BCUT2D eigenvalue weighted by molar-refractivity contribution is 0.337. The molecule has 0 saturated carbocycles. The number of nitrogens with zero attached hydrogens (tertiary/aromatic N) is 1. The first-order valence-corrected chi connectivity index (χ1v) is 6.23. The summed E-state index contributed by atoms with van der Waals surface area (Å²) < 4.78 is 5.57. The molecule has 0 aliphatic rings. The van der Waals surface area contributed by atoms with E-state index in [1.807, 2.05) is 37.3 Å². The van der Waals surface area contributed by atoms with Crippen LogP contribution in [0.2, 0.25) is 5.15 Å². The maximum Gasteiger partial charge on any atom is 0.131 e. The van der Waals surface area contributed by atoms with E-state index in [0.29, 0.717) is 18.3 Å². The maximum atomic E-state index is 5.83. The molecule has 0 radical (unpaired) electrons. The third-order valence-corrected chi connectivity index (χ3v) is 2.69. The van der Waals surface area contributed by atoms with E-state index in [4.69, 9.17) is 16.3 Å². The molecule has 18 heavy (non-hydrogen) atoms. The Morgan fingerprint density at radius 3 is 2.89 bits per heavy atom. The van der Waals surface area contributed by atoms with Crippen molar-refractivity contribution in [2.45, 2.75) is 13.5 Å². The van der Waals surface area contributed by atoms with Gasteiger partial charge in [-0.05, 0) is 25.1 Å².